The van der Waals surface area contributed by atoms with Crippen LogP contribution in [0.1, 0.15) is 84.2 Å². The zero-order chi connectivity index (χ0) is 34.3. The summed E-state index contributed by atoms with van der Waals surface area (Å²) in [5.74, 6) is -0.116. The molecule has 2 fully saturated rings. The van der Waals surface area contributed by atoms with Gasteiger partial charge in [-0.15, -0.1) is 0 Å². The van der Waals surface area contributed by atoms with Gasteiger partial charge in [-0.25, -0.2) is 4.98 Å². The molecule has 2 N–H and O–H groups in total. The highest BCUT2D eigenvalue weighted by atomic mass is 16.7. The normalized spacial score (nSPS) is 21.7. The highest BCUT2D eigenvalue weighted by Crippen LogP contribution is 2.42. The summed E-state index contributed by atoms with van der Waals surface area (Å²) in [5, 5.41) is 12.6. The van der Waals surface area contributed by atoms with E-state index in [0.717, 1.165) is 58.5 Å². The summed E-state index contributed by atoms with van der Waals surface area (Å²) in [4.78, 5) is 24.4. The zero-order valence-corrected chi connectivity index (χ0v) is 28.7. The summed E-state index contributed by atoms with van der Waals surface area (Å²) >= 11 is 0. The van der Waals surface area contributed by atoms with Crippen LogP contribution in [-0.4, -0.2) is 51.6 Å². The van der Waals surface area contributed by atoms with Crippen LogP contribution in [0.3, 0.4) is 0 Å². The van der Waals surface area contributed by atoms with Crippen LogP contribution < -0.4 is 5.32 Å². The number of likely N-dealkylation sites (tertiary alicyclic amines) is 1. The fourth-order valence-corrected chi connectivity index (χ4v) is 7.14. The number of nitrogens with one attached hydrogen (secondary N) is 1. The van der Waals surface area contributed by atoms with E-state index in [9.17, 15) is 9.90 Å². The van der Waals surface area contributed by atoms with Crippen LogP contribution in [-0.2, 0) is 22.6 Å². The standard InChI is InChI=1S/C42H46N4O4/c1-29-39(27-46-21-7-3-2-4-8-22-46)49-42(50-40(29)32-19-17-30(28-47)18-20-32)35-14-10-13-34(24-35)33-12-9-11-31(23-33)25-44-41(48)38-26-43-36-15-5-6-16-37(36)45-38/h5-6,9-20,23-24,26,29,39-40,42,47H,2-4,7-8,21-22,25,27-28H2,1H3,(H,44,48)/t29-,39+,40+,42+/m0/s1. The molecule has 50 heavy (non-hydrogen) atoms. The Kier molecular flexibility index (Phi) is 10.9. The molecular formula is C42H46N4O4. The Morgan fingerprint density at radius 3 is 2.30 bits per heavy atom. The van der Waals surface area contributed by atoms with Crippen molar-refractivity contribution in [3.8, 4) is 11.1 Å². The molecule has 8 heteroatoms. The molecule has 5 aromatic rings. The minimum absolute atomic E-state index is 0.00131. The number of aliphatic hydroxyl groups is 1. The number of nitrogens with zero attached hydrogens (tertiary/aromatic N) is 3. The highest BCUT2D eigenvalue weighted by Gasteiger charge is 2.39. The molecule has 7 rings (SSSR count). The third kappa shape index (κ3) is 8.11. The lowest BCUT2D eigenvalue weighted by atomic mass is 9.89. The first-order chi connectivity index (χ1) is 24.5. The van der Waals surface area contributed by atoms with Crippen molar-refractivity contribution in [2.75, 3.05) is 19.6 Å². The summed E-state index contributed by atoms with van der Waals surface area (Å²) in [6.07, 6.45) is 7.22. The van der Waals surface area contributed by atoms with Crippen LogP contribution in [0, 0.1) is 5.92 Å². The van der Waals surface area contributed by atoms with E-state index in [4.69, 9.17) is 9.47 Å². The van der Waals surface area contributed by atoms with Crippen LogP contribution in [0.25, 0.3) is 22.2 Å². The molecule has 8 nitrogen and oxygen atoms in total. The predicted molar refractivity (Wildman–Crippen MR) is 195 cm³/mol. The number of fused-ring (bicyclic) bond motifs is 1. The number of rotatable bonds is 9. The van der Waals surface area contributed by atoms with Gasteiger partial charge in [0, 0.05) is 24.6 Å². The van der Waals surface area contributed by atoms with E-state index in [1.165, 1.54) is 38.3 Å². The second-order valence-corrected chi connectivity index (χ2v) is 13.6. The largest absolute Gasteiger partial charge is 0.392 e. The van der Waals surface area contributed by atoms with Crippen LogP contribution in [0.5, 0.6) is 0 Å². The number of ether oxygens (including phenoxy) is 2. The van der Waals surface area contributed by atoms with Gasteiger partial charge in [0.1, 0.15) is 5.69 Å². The second-order valence-electron chi connectivity index (χ2n) is 13.6. The molecule has 0 aliphatic carbocycles. The quantitative estimate of drug-likeness (QED) is 0.165. The van der Waals surface area contributed by atoms with Gasteiger partial charge in [0.2, 0.25) is 0 Å². The lowest BCUT2D eigenvalue weighted by Gasteiger charge is -2.43. The predicted octanol–water partition coefficient (Wildman–Crippen LogP) is 7.78. The molecule has 258 valence electrons. The fraction of sp³-hybridized carbons (Fsp3) is 0.357. The zero-order valence-electron chi connectivity index (χ0n) is 28.7. The number of carbonyl (C=O) groups is 1. The maximum absolute atomic E-state index is 12.9. The Morgan fingerprint density at radius 1 is 0.800 bits per heavy atom. The van der Waals surface area contributed by atoms with Crippen LogP contribution in [0.2, 0.25) is 0 Å². The molecule has 2 saturated heterocycles. The van der Waals surface area contributed by atoms with Crippen LogP contribution in [0.4, 0.5) is 0 Å². The number of benzene rings is 4. The number of para-hydroxylation sites is 2. The van der Waals surface area contributed by atoms with Gasteiger partial charge in [-0.1, -0.05) is 99.0 Å². The van der Waals surface area contributed by atoms with Gasteiger partial charge in [0.05, 0.1) is 36.0 Å². The van der Waals surface area contributed by atoms with Gasteiger partial charge < -0.3 is 24.8 Å². The molecule has 4 atom stereocenters. The van der Waals surface area contributed by atoms with E-state index in [1.807, 2.05) is 48.5 Å². The van der Waals surface area contributed by atoms with Gasteiger partial charge >= 0.3 is 0 Å². The minimum Gasteiger partial charge on any atom is -0.392 e. The molecule has 0 saturated carbocycles. The number of amides is 1. The highest BCUT2D eigenvalue weighted by molar-refractivity contribution is 5.93. The first-order valence-corrected chi connectivity index (χ1v) is 18.0. The van der Waals surface area contributed by atoms with Crippen LogP contribution in [0.15, 0.2) is 103 Å². The molecule has 2 aliphatic rings. The number of carbonyl (C=O) groups excluding carboxylic acids is 1. The van der Waals surface area contributed by atoms with E-state index < -0.39 is 6.29 Å². The fourth-order valence-electron chi connectivity index (χ4n) is 7.14. The third-order valence-corrected chi connectivity index (χ3v) is 10.1. The first kappa shape index (κ1) is 34.0. The van der Waals surface area contributed by atoms with Crippen LogP contribution >= 0.6 is 0 Å². The molecule has 2 aliphatic heterocycles. The van der Waals surface area contributed by atoms with E-state index in [1.54, 1.807) is 0 Å². The maximum Gasteiger partial charge on any atom is 0.271 e. The summed E-state index contributed by atoms with van der Waals surface area (Å²) < 4.78 is 13.6. The summed E-state index contributed by atoms with van der Waals surface area (Å²) in [7, 11) is 0. The molecule has 0 radical (unpaired) electrons. The molecule has 4 aromatic carbocycles. The molecule has 1 aromatic heterocycles. The van der Waals surface area contributed by atoms with Crippen molar-refractivity contribution < 1.29 is 19.4 Å². The Hall–Kier alpha value is -4.47. The number of hydrogen-bond acceptors (Lipinski definition) is 7. The van der Waals surface area contributed by atoms with E-state index in [2.05, 4.69) is 75.6 Å². The van der Waals surface area contributed by atoms with Gasteiger partial charge in [-0.05, 0) is 78.0 Å². The van der Waals surface area contributed by atoms with E-state index in [-0.39, 0.29) is 30.6 Å². The number of aliphatic hydroxyl groups excluding tert-OH is 1. The molecular weight excluding hydrogens is 624 g/mol. The second kappa shape index (κ2) is 16.0. The molecule has 1 amide bonds. The van der Waals surface area contributed by atoms with Crippen molar-refractivity contribution in [2.45, 2.75) is 70.7 Å². The number of aromatic nitrogens is 2. The summed E-state index contributed by atoms with van der Waals surface area (Å²) in [6.45, 7) is 5.71. The van der Waals surface area contributed by atoms with Gasteiger partial charge in [0.15, 0.2) is 6.29 Å². The Balaban J connectivity index is 1.09. The average Bonchev–Trinajstić information content (AvgIpc) is 3.15. The first-order valence-electron chi connectivity index (χ1n) is 18.0. The third-order valence-electron chi connectivity index (χ3n) is 10.1. The summed E-state index contributed by atoms with van der Waals surface area (Å²) in [5.41, 5.74) is 7.77. The summed E-state index contributed by atoms with van der Waals surface area (Å²) in [6, 6.07) is 32.2. The average molecular weight is 671 g/mol. The van der Waals surface area contributed by atoms with Gasteiger partial charge in [-0.3, -0.25) is 9.78 Å². The lowest BCUT2D eigenvalue weighted by molar-refractivity contribution is -0.276. The Labute approximate surface area is 294 Å². The SMILES string of the molecule is C[C@H]1[C@@H](CN2CCCCCCC2)O[C@@H](c2cccc(-c3cccc(CNC(=O)c4cnc5ccccc5n4)c3)c2)O[C@H]1c1ccc(CO)cc1. The maximum atomic E-state index is 12.9. The van der Waals surface area contributed by atoms with Crippen molar-refractivity contribution in [3.63, 3.8) is 0 Å². The lowest BCUT2D eigenvalue weighted by Crippen LogP contribution is -2.45. The van der Waals surface area contributed by atoms with Gasteiger partial charge in [0.25, 0.3) is 5.91 Å². The smallest absolute Gasteiger partial charge is 0.271 e. The van der Waals surface area contributed by atoms with Crippen molar-refractivity contribution in [1.82, 2.24) is 20.2 Å². The molecule has 0 bridgehead atoms. The Bertz CT molecular complexity index is 1890. The van der Waals surface area contributed by atoms with Gasteiger partial charge in [-0.2, -0.15) is 0 Å². The molecule has 3 heterocycles. The molecule has 0 spiro atoms. The van der Waals surface area contributed by atoms with Crippen molar-refractivity contribution >= 4 is 16.9 Å². The van der Waals surface area contributed by atoms with E-state index >= 15 is 0 Å². The van der Waals surface area contributed by atoms with Crippen molar-refractivity contribution in [3.05, 3.63) is 131 Å². The monoisotopic (exact) mass is 670 g/mol. The minimum atomic E-state index is -0.529. The number of hydrogen-bond donors (Lipinski definition) is 2. The molecule has 0 unspecified atom stereocenters. The Morgan fingerprint density at radius 2 is 1.52 bits per heavy atom. The van der Waals surface area contributed by atoms with Crippen molar-refractivity contribution in [1.29, 1.82) is 0 Å². The van der Waals surface area contributed by atoms with E-state index in [0.29, 0.717) is 17.8 Å². The topological polar surface area (TPSA) is 96.8 Å². The van der Waals surface area contributed by atoms with Crippen molar-refractivity contribution in [2.24, 2.45) is 5.92 Å².